The zero-order valence-electron chi connectivity index (χ0n) is 10.1. The maximum atomic E-state index is 10.9. The zero-order valence-corrected chi connectivity index (χ0v) is 10.1. The van der Waals surface area contributed by atoms with E-state index in [1.807, 2.05) is 6.07 Å². The third kappa shape index (κ3) is 2.69. The number of carbonyl (C=O) groups is 1. The Morgan fingerprint density at radius 3 is 2.84 bits per heavy atom. The molecule has 0 saturated carbocycles. The van der Waals surface area contributed by atoms with Gasteiger partial charge in [-0.25, -0.2) is 9.78 Å². The standard InChI is InChI=1S/C14H10N2O3/c1-9-7-10(4-5-11(9)14(17)18)19-13-3-2-6-16-12(13)8-15/h2-7H,1H3,(H,17,18). The summed E-state index contributed by atoms with van der Waals surface area (Å²) in [5, 5.41) is 17.8. The number of carboxylic acids is 1. The van der Waals surface area contributed by atoms with Gasteiger partial charge in [-0.15, -0.1) is 0 Å². The Balaban J connectivity index is 2.32. The lowest BCUT2D eigenvalue weighted by Crippen LogP contribution is -1.99. The van der Waals surface area contributed by atoms with Gasteiger partial charge in [-0.2, -0.15) is 5.26 Å². The summed E-state index contributed by atoms with van der Waals surface area (Å²) in [4.78, 5) is 14.8. The predicted molar refractivity (Wildman–Crippen MR) is 67.2 cm³/mol. The summed E-state index contributed by atoms with van der Waals surface area (Å²) in [5.41, 5.74) is 0.994. The molecule has 0 fully saturated rings. The highest BCUT2D eigenvalue weighted by molar-refractivity contribution is 5.89. The Labute approximate surface area is 109 Å². The minimum Gasteiger partial charge on any atom is -0.478 e. The van der Waals surface area contributed by atoms with E-state index in [9.17, 15) is 4.79 Å². The van der Waals surface area contributed by atoms with Crippen molar-refractivity contribution in [3.8, 4) is 17.6 Å². The molecule has 5 heteroatoms. The van der Waals surface area contributed by atoms with Crippen LogP contribution in [0.5, 0.6) is 11.5 Å². The predicted octanol–water partition coefficient (Wildman–Crippen LogP) is 2.75. The molecule has 5 nitrogen and oxygen atoms in total. The number of aromatic nitrogens is 1. The van der Waals surface area contributed by atoms with E-state index in [1.165, 1.54) is 12.3 Å². The van der Waals surface area contributed by atoms with E-state index in [2.05, 4.69) is 4.98 Å². The lowest BCUT2D eigenvalue weighted by molar-refractivity contribution is 0.0696. The Morgan fingerprint density at radius 1 is 1.42 bits per heavy atom. The van der Waals surface area contributed by atoms with Gasteiger partial charge in [0.25, 0.3) is 0 Å². The Hall–Kier alpha value is -2.87. The molecule has 1 aromatic carbocycles. The molecule has 0 saturated heterocycles. The number of nitriles is 1. The van der Waals surface area contributed by atoms with Crippen molar-refractivity contribution in [3.63, 3.8) is 0 Å². The number of aromatic carboxylic acids is 1. The van der Waals surface area contributed by atoms with E-state index in [1.54, 1.807) is 31.2 Å². The number of aryl methyl sites for hydroxylation is 1. The molecule has 0 bridgehead atoms. The molecule has 19 heavy (non-hydrogen) atoms. The quantitative estimate of drug-likeness (QED) is 0.910. The molecule has 1 heterocycles. The minimum absolute atomic E-state index is 0.183. The third-order valence-corrected chi connectivity index (χ3v) is 2.53. The van der Waals surface area contributed by atoms with E-state index < -0.39 is 5.97 Å². The average Bonchev–Trinajstić information content (AvgIpc) is 2.39. The Bertz CT molecular complexity index is 675. The van der Waals surface area contributed by atoms with E-state index in [-0.39, 0.29) is 11.3 Å². The van der Waals surface area contributed by atoms with Crippen LogP contribution in [0, 0.1) is 18.3 Å². The van der Waals surface area contributed by atoms with Crippen LogP contribution in [-0.4, -0.2) is 16.1 Å². The molecule has 0 unspecified atom stereocenters. The summed E-state index contributed by atoms with van der Waals surface area (Å²) in [6.45, 7) is 1.69. The zero-order chi connectivity index (χ0) is 13.8. The van der Waals surface area contributed by atoms with Crippen LogP contribution in [0.3, 0.4) is 0 Å². The molecule has 0 aliphatic rings. The first-order chi connectivity index (χ1) is 9.11. The fourth-order valence-corrected chi connectivity index (χ4v) is 1.62. The van der Waals surface area contributed by atoms with E-state index >= 15 is 0 Å². The van der Waals surface area contributed by atoms with Gasteiger partial charge in [0.2, 0.25) is 0 Å². The van der Waals surface area contributed by atoms with E-state index in [4.69, 9.17) is 15.1 Å². The molecular weight excluding hydrogens is 244 g/mol. The first-order valence-electron chi connectivity index (χ1n) is 5.48. The first-order valence-corrected chi connectivity index (χ1v) is 5.48. The summed E-state index contributed by atoms with van der Waals surface area (Å²) in [6.07, 6.45) is 1.50. The molecule has 0 aliphatic carbocycles. The van der Waals surface area contributed by atoms with Crippen molar-refractivity contribution >= 4 is 5.97 Å². The molecule has 1 N–H and O–H groups in total. The first kappa shape index (κ1) is 12.6. The normalized spacial score (nSPS) is 9.68. The van der Waals surface area contributed by atoms with Crippen molar-refractivity contribution in [1.29, 1.82) is 5.26 Å². The highest BCUT2D eigenvalue weighted by Crippen LogP contribution is 2.25. The van der Waals surface area contributed by atoms with E-state index in [0.29, 0.717) is 17.1 Å². The van der Waals surface area contributed by atoms with Gasteiger partial charge in [-0.1, -0.05) is 0 Å². The number of nitrogens with zero attached hydrogens (tertiary/aromatic N) is 2. The van der Waals surface area contributed by atoms with Crippen molar-refractivity contribution < 1.29 is 14.6 Å². The van der Waals surface area contributed by atoms with E-state index in [0.717, 1.165) is 0 Å². The molecule has 0 aliphatic heterocycles. The smallest absolute Gasteiger partial charge is 0.335 e. The van der Waals surface area contributed by atoms with Crippen molar-refractivity contribution in [1.82, 2.24) is 4.98 Å². The van der Waals surface area contributed by atoms with Crippen molar-refractivity contribution in [3.05, 3.63) is 53.3 Å². The summed E-state index contributed by atoms with van der Waals surface area (Å²) >= 11 is 0. The molecule has 0 amide bonds. The molecule has 2 aromatic rings. The molecule has 94 valence electrons. The lowest BCUT2D eigenvalue weighted by Gasteiger charge is -2.08. The van der Waals surface area contributed by atoms with Crippen LogP contribution in [0.2, 0.25) is 0 Å². The summed E-state index contributed by atoms with van der Waals surface area (Å²) in [6, 6.07) is 9.84. The van der Waals surface area contributed by atoms with Crippen molar-refractivity contribution in [2.24, 2.45) is 0 Å². The van der Waals surface area contributed by atoms with Gasteiger partial charge in [-0.3, -0.25) is 0 Å². The van der Waals surface area contributed by atoms with Gasteiger partial charge in [0.05, 0.1) is 5.56 Å². The van der Waals surface area contributed by atoms with Gasteiger partial charge < -0.3 is 9.84 Å². The number of ether oxygens (including phenoxy) is 1. The van der Waals surface area contributed by atoms with Gasteiger partial charge in [0.1, 0.15) is 11.8 Å². The summed E-state index contributed by atoms with van der Waals surface area (Å²) in [7, 11) is 0. The lowest BCUT2D eigenvalue weighted by atomic mass is 10.1. The summed E-state index contributed by atoms with van der Waals surface area (Å²) in [5.74, 6) is -0.178. The van der Waals surface area contributed by atoms with Gasteiger partial charge >= 0.3 is 5.97 Å². The number of benzene rings is 1. The highest BCUT2D eigenvalue weighted by Gasteiger charge is 2.09. The number of hydrogen-bond donors (Lipinski definition) is 1. The fourth-order valence-electron chi connectivity index (χ4n) is 1.62. The summed E-state index contributed by atoms with van der Waals surface area (Å²) < 4.78 is 5.54. The largest absolute Gasteiger partial charge is 0.478 e. The second kappa shape index (κ2) is 5.19. The van der Waals surface area contributed by atoms with Crippen LogP contribution >= 0.6 is 0 Å². The minimum atomic E-state index is -0.983. The van der Waals surface area contributed by atoms with Crippen LogP contribution in [-0.2, 0) is 0 Å². The van der Waals surface area contributed by atoms with Crippen molar-refractivity contribution in [2.75, 3.05) is 0 Å². The topological polar surface area (TPSA) is 83.2 Å². The molecule has 0 atom stereocenters. The second-order valence-electron chi connectivity index (χ2n) is 3.85. The van der Waals surface area contributed by atoms with Gasteiger partial charge in [0.15, 0.2) is 11.4 Å². The highest BCUT2D eigenvalue weighted by atomic mass is 16.5. The molecular formula is C14H10N2O3. The Morgan fingerprint density at radius 2 is 2.21 bits per heavy atom. The maximum absolute atomic E-state index is 10.9. The Kier molecular flexibility index (Phi) is 3.44. The van der Waals surface area contributed by atoms with Gasteiger partial charge in [0, 0.05) is 6.20 Å². The van der Waals surface area contributed by atoms with Gasteiger partial charge in [-0.05, 0) is 42.8 Å². The number of hydrogen-bond acceptors (Lipinski definition) is 4. The molecule has 2 rings (SSSR count). The monoisotopic (exact) mass is 254 g/mol. The number of rotatable bonds is 3. The molecule has 0 radical (unpaired) electrons. The third-order valence-electron chi connectivity index (χ3n) is 2.53. The SMILES string of the molecule is Cc1cc(Oc2cccnc2C#N)ccc1C(=O)O. The molecule has 0 spiro atoms. The average molecular weight is 254 g/mol. The van der Waals surface area contributed by atoms with Crippen LogP contribution in [0.15, 0.2) is 36.5 Å². The number of carboxylic acid groups (broad SMARTS) is 1. The van der Waals surface area contributed by atoms with Crippen LogP contribution in [0.25, 0.3) is 0 Å². The number of pyridine rings is 1. The van der Waals surface area contributed by atoms with Crippen LogP contribution < -0.4 is 4.74 Å². The van der Waals surface area contributed by atoms with Crippen LogP contribution in [0.4, 0.5) is 0 Å². The fraction of sp³-hybridized carbons (Fsp3) is 0.0714. The van der Waals surface area contributed by atoms with Crippen LogP contribution in [0.1, 0.15) is 21.6 Å². The van der Waals surface area contributed by atoms with Crippen molar-refractivity contribution in [2.45, 2.75) is 6.92 Å². The maximum Gasteiger partial charge on any atom is 0.335 e. The molecule has 1 aromatic heterocycles. The second-order valence-corrected chi connectivity index (χ2v) is 3.85.